The Balaban J connectivity index is 2.03. The van der Waals surface area contributed by atoms with Crippen LogP contribution in [0.3, 0.4) is 0 Å². The average Bonchev–Trinajstić information content (AvgIpc) is 2.96. The van der Waals surface area contributed by atoms with Gasteiger partial charge in [0.1, 0.15) is 0 Å². The molecule has 0 aromatic carbocycles. The number of hydrogen-bond acceptors (Lipinski definition) is 3. The normalized spacial score (nSPS) is 39.8. The lowest BCUT2D eigenvalue weighted by Gasteiger charge is -2.35. The number of carbonyl (C=O) groups excluding carboxylic acids is 1. The largest absolute Gasteiger partial charge is 0.388 e. The van der Waals surface area contributed by atoms with Crippen molar-refractivity contribution < 1.29 is 4.79 Å². The monoisotopic (exact) mass is 270 g/mol. The van der Waals surface area contributed by atoms with Crippen LogP contribution >= 0.6 is 11.6 Å². The highest BCUT2D eigenvalue weighted by Crippen LogP contribution is 2.45. The van der Waals surface area contributed by atoms with Crippen molar-refractivity contribution in [3.63, 3.8) is 0 Å². The number of Topliss-reactive ketones (excluding diaryl/α,β-unsaturated/α-hetero) is 1. The van der Waals surface area contributed by atoms with Crippen LogP contribution < -0.4 is 10.6 Å². The lowest BCUT2D eigenvalue weighted by Crippen LogP contribution is -2.40. The molecule has 18 heavy (non-hydrogen) atoms. The molecule has 1 heterocycles. The molecule has 4 heteroatoms. The molecule has 0 radical (unpaired) electrons. The fourth-order valence-corrected chi connectivity index (χ4v) is 3.90. The number of nitrogens with one attached hydrogen (secondary N) is 2. The van der Waals surface area contributed by atoms with E-state index in [9.17, 15) is 4.79 Å². The smallest absolute Gasteiger partial charge is 0.164 e. The molecule has 4 unspecified atom stereocenters. The van der Waals surface area contributed by atoms with Gasteiger partial charge in [-0.25, -0.2) is 0 Å². The van der Waals surface area contributed by atoms with Crippen LogP contribution in [0, 0.1) is 11.3 Å². The van der Waals surface area contributed by atoms with Crippen LogP contribution in [0.2, 0.25) is 0 Å². The van der Waals surface area contributed by atoms with Crippen molar-refractivity contribution in [2.75, 3.05) is 12.4 Å². The molecule has 1 aliphatic carbocycles. The van der Waals surface area contributed by atoms with E-state index in [0.29, 0.717) is 12.0 Å². The quantitative estimate of drug-likeness (QED) is 0.752. The number of alkyl halides is 1. The highest BCUT2D eigenvalue weighted by atomic mass is 35.5. The van der Waals surface area contributed by atoms with E-state index in [0.717, 1.165) is 13.0 Å². The lowest BCUT2D eigenvalue weighted by atomic mass is 9.72. The summed E-state index contributed by atoms with van der Waals surface area (Å²) in [5, 5.41) is 6.73. The van der Waals surface area contributed by atoms with Gasteiger partial charge >= 0.3 is 0 Å². The van der Waals surface area contributed by atoms with Gasteiger partial charge in [-0.2, -0.15) is 0 Å². The van der Waals surface area contributed by atoms with Gasteiger partial charge in [0.2, 0.25) is 0 Å². The molecule has 2 N–H and O–H groups in total. The summed E-state index contributed by atoms with van der Waals surface area (Å²) in [5.74, 6) is 0.870. The van der Waals surface area contributed by atoms with E-state index in [-0.39, 0.29) is 23.1 Å². The molecule has 4 atom stereocenters. The van der Waals surface area contributed by atoms with E-state index >= 15 is 0 Å². The molecule has 1 aliphatic heterocycles. The Morgan fingerprint density at radius 2 is 2.39 bits per heavy atom. The Morgan fingerprint density at radius 1 is 1.61 bits per heavy atom. The van der Waals surface area contributed by atoms with E-state index in [1.165, 1.54) is 19.3 Å². The minimum absolute atomic E-state index is 0.0440. The van der Waals surface area contributed by atoms with Crippen molar-refractivity contribution in [1.29, 1.82) is 0 Å². The maximum Gasteiger partial charge on any atom is 0.164 e. The molecule has 1 saturated carbocycles. The zero-order chi connectivity index (χ0) is 13.2. The molecule has 1 saturated heterocycles. The topological polar surface area (TPSA) is 41.1 Å². The Bertz CT molecular complexity index is 334. The first-order valence-corrected chi connectivity index (χ1v) is 7.33. The molecular formula is C14H23ClN2O. The van der Waals surface area contributed by atoms with E-state index in [4.69, 9.17) is 11.6 Å². The predicted molar refractivity (Wildman–Crippen MR) is 74.7 cm³/mol. The predicted octanol–water partition coefficient (Wildman–Crippen LogP) is 2.06. The number of ketones is 1. The Labute approximate surface area is 114 Å². The summed E-state index contributed by atoms with van der Waals surface area (Å²) in [4.78, 5) is 11.7. The SMILES string of the molecule is C=CNC1CCCC1C1(C)CNC(C(=O)CCl)C1. The van der Waals surface area contributed by atoms with E-state index in [1.54, 1.807) is 6.20 Å². The van der Waals surface area contributed by atoms with Crippen molar-refractivity contribution in [2.24, 2.45) is 11.3 Å². The molecule has 2 aliphatic rings. The first kappa shape index (κ1) is 13.9. The molecule has 3 nitrogen and oxygen atoms in total. The van der Waals surface area contributed by atoms with Crippen molar-refractivity contribution in [1.82, 2.24) is 10.6 Å². The van der Waals surface area contributed by atoms with Gasteiger partial charge in [-0.05, 0) is 36.8 Å². The fraction of sp³-hybridized carbons (Fsp3) is 0.786. The fourth-order valence-electron chi connectivity index (χ4n) is 3.72. The zero-order valence-corrected chi connectivity index (χ0v) is 11.8. The van der Waals surface area contributed by atoms with Crippen LogP contribution in [0.15, 0.2) is 12.8 Å². The number of hydrogen-bond donors (Lipinski definition) is 2. The van der Waals surface area contributed by atoms with Crippen LogP contribution in [0.4, 0.5) is 0 Å². The van der Waals surface area contributed by atoms with Crippen molar-refractivity contribution in [3.8, 4) is 0 Å². The third-order valence-corrected chi connectivity index (χ3v) is 4.95. The summed E-state index contributed by atoms with van der Waals surface area (Å²) in [6, 6.07) is 0.469. The van der Waals surface area contributed by atoms with Gasteiger partial charge in [0.15, 0.2) is 5.78 Å². The summed E-state index contributed by atoms with van der Waals surface area (Å²) in [7, 11) is 0. The van der Waals surface area contributed by atoms with Gasteiger partial charge in [-0.15, -0.1) is 11.6 Å². The van der Waals surface area contributed by atoms with Gasteiger partial charge in [0, 0.05) is 12.6 Å². The van der Waals surface area contributed by atoms with Crippen LogP contribution in [-0.4, -0.2) is 30.3 Å². The van der Waals surface area contributed by atoms with Gasteiger partial charge in [-0.3, -0.25) is 4.79 Å². The summed E-state index contributed by atoms with van der Waals surface area (Å²) in [6.45, 7) is 6.98. The maximum absolute atomic E-state index is 11.7. The zero-order valence-electron chi connectivity index (χ0n) is 11.0. The highest BCUT2D eigenvalue weighted by Gasteiger charge is 2.47. The lowest BCUT2D eigenvalue weighted by molar-refractivity contribution is -0.118. The van der Waals surface area contributed by atoms with Crippen molar-refractivity contribution in [3.05, 3.63) is 12.8 Å². The molecule has 0 bridgehead atoms. The van der Waals surface area contributed by atoms with Crippen molar-refractivity contribution >= 4 is 17.4 Å². The second-order valence-corrected chi connectivity index (χ2v) is 6.17. The standard InChI is InChI=1S/C14H23ClN2O/c1-3-16-11-6-4-5-10(11)14(2)7-12(17-9-14)13(18)8-15/h3,10-12,16-17H,1,4-9H2,2H3. The Kier molecular flexibility index (Phi) is 4.33. The molecular weight excluding hydrogens is 248 g/mol. The third kappa shape index (κ3) is 2.57. The minimum Gasteiger partial charge on any atom is -0.388 e. The molecule has 0 spiro atoms. The molecule has 0 aromatic rings. The molecule has 2 rings (SSSR count). The van der Waals surface area contributed by atoms with Crippen molar-refractivity contribution in [2.45, 2.75) is 44.7 Å². The van der Waals surface area contributed by atoms with Crippen LogP contribution in [0.5, 0.6) is 0 Å². The van der Waals surface area contributed by atoms with E-state index < -0.39 is 0 Å². The maximum atomic E-state index is 11.7. The van der Waals surface area contributed by atoms with Gasteiger partial charge in [-0.1, -0.05) is 19.9 Å². The van der Waals surface area contributed by atoms with Crippen LogP contribution in [0.25, 0.3) is 0 Å². The molecule has 102 valence electrons. The first-order chi connectivity index (χ1) is 8.60. The van der Waals surface area contributed by atoms with Crippen LogP contribution in [0.1, 0.15) is 32.6 Å². The van der Waals surface area contributed by atoms with Gasteiger partial charge in [0.25, 0.3) is 0 Å². The average molecular weight is 271 g/mol. The summed E-state index contributed by atoms with van der Waals surface area (Å²) in [5.41, 5.74) is 0.198. The number of carbonyl (C=O) groups is 1. The second-order valence-electron chi connectivity index (χ2n) is 5.91. The Morgan fingerprint density at radius 3 is 3.06 bits per heavy atom. The summed E-state index contributed by atoms with van der Waals surface area (Å²) >= 11 is 5.65. The van der Waals surface area contributed by atoms with Crippen LogP contribution in [-0.2, 0) is 4.79 Å². The van der Waals surface area contributed by atoms with Gasteiger partial charge in [0.05, 0.1) is 11.9 Å². The summed E-state index contributed by atoms with van der Waals surface area (Å²) in [6.07, 6.45) is 6.43. The van der Waals surface area contributed by atoms with E-state index in [1.807, 2.05) is 0 Å². The molecule has 0 amide bonds. The summed E-state index contributed by atoms with van der Waals surface area (Å²) < 4.78 is 0. The highest BCUT2D eigenvalue weighted by molar-refractivity contribution is 6.28. The third-order valence-electron chi connectivity index (χ3n) is 4.69. The molecule has 0 aromatic heterocycles. The van der Waals surface area contributed by atoms with Gasteiger partial charge < -0.3 is 10.6 Å². The minimum atomic E-state index is -0.0440. The first-order valence-electron chi connectivity index (χ1n) is 6.80. The second kappa shape index (κ2) is 5.62. The Hall–Kier alpha value is -0.540. The van der Waals surface area contributed by atoms with E-state index in [2.05, 4.69) is 24.1 Å². The number of halogens is 1. The number of rotatable bonds is 5. The molecule has 2 fully saturated rings.